The van der Waals surface area contributed by atoms with Gasteiger partial charge in [-0.25, -0.2) is 0 Å². The minimum Gasteiger partial charge on any atom is -0.405 e. The maximum atomic E-state index is 12.5. The molecule has 1 aromatic carbocycles. The Labute approximate surface area is 132 Å². The second-order valence-electron chi connectivity index (χ2n) is 5.59. The molecule has 0 bridgehead atoms. The van der Waals surface area contributed by atoms with Gasteiger partial charge in [-0.15, -0.1) is 13.2 Å². The predicted molar refractivity (Wildman–Crippen MR) is 76.6 cm³/mol. The summed E-state index contributed by atoms with van der Waals surface area (Å²) in [4.78, 5) is 13.8. The fraction of sp³-hybridized carbons (Fsp3) is 0.533. The third-order valence-electron chi connectivity index (χ3n) is 3.76. The van der Waals surface area contributed by atoms with E-state index in [1.54, 1.807) is 6.07 Å². The number of hydrogen-bond donors (Lipinski definition) is 1. The Morgan fingerprint density at radius 3 is 2.57 bits per heavy atom. The second kappa shape index (κ2) is 6.76. The standard InChI is InChI=1S/C15H19F3N2O3/c1-20(13(21)14(19)6-8-22-9-7-14)10-11-4-2-3-5-12(11)23-15(16,17)18/h2-5H,6-10,19H2,1H3. The molecule has 1 saturated heterocycles. The SMILES string of the molecule is CN(Cc1ccccc1OC(F)(F)F)C(=O)C1(N)CCOCC1. The van der Waals surface area contributed by atoms with E-state index in [4.69, 9.17) is 10.5 Å². The molecule has 0 spiro atoms. The van der Waals surface area contributed by atoms with Gasteiger partial charge in [-0.05, 0) is 18.9 Å². The van der Waals surface area contributed by atoms with Gasteiger partial charge >= 0.3 is 6.36 Å². The van der Waals surface area contributed by atoms with Crippen LogP contribution in [0.5, 0.6) is 5.75 Å². The van der Waals surface area contributed by atoms with E-state index in [0.717, 1.165) is 0 Å². The van der Waals surface area contributed by atoms with Crippen LogP contribution >= 0.6 is 0 Å². The van der Waals surface area contributed by atoms with Crippen molar-refractivity contribution in [1.29, 1.82) is 0 Å². The average Bonchev–Trinajstić information content (AvgIpc) is 2.47. The molecule has 0 saturated carbocycles. The van der Waals surface area contributed by atoms with E-state index in [-0.39, 0.29) is 23.8 Å². The van der Waals surface area contributed by atoms with Crippen LogP contribution in [0.2, 0.25) is 0 Å². The van der Waals surface area contributed by atoms with Gasteiger partial charge in [-0.2, -0.15) is 0 Å². The predicted octanol–water partition coefficient (Wildman–Crippen LogP) is 2.05. The molecule has 1 aliphatic rings. The number of rotatable bonds is 4. The van der Waals surface area contributed by atoms with Crippen LogP contribution in [-0.4, -0.2) is 43.0 Å². The van der Waals surface area contributed by atoms with Gasteiger partial charge in [0.1, 0.15) is 5.75 Å². The van der Waals surface area contributed by atoms with E-state index in [0.29, 0.717) is 26.1 Å². The molecule has 1 amide bonds. The number of nitrogens with zero attached hydrogens (tertiary/aromatic N) is 1. The van der Waals surface area contributed by atoms with Gasteiger partial charge in [0, 0.05) is 32.4 Å². The fourth-order valence-corrected chi connectivity index (χ4v) is 2.52. The quantitative estimate of drug-likeness (QED) is 0.916. The van der Waals surface area contributed by atoms with Crippen molar-refractivity contribution in [3.8, 4) is 5.75 Å². The zero-order valence-corrected chi connectivity index (χ0v) is 12.7. The van der Waals surface area contributed by atoms with Crippen LogP contribution in [0.1, 0.15) is 18.4 Å². The zero-order chi connectivity index (χ0) is 17.1. The Morgan fingerprint density at radius 1 is 1.35 bits per heavy atom. The number of carbonyl (C=O) groups is 1. The Morgan fingerprint density at radius 2 is 1.96 bits per heavy atom. The van der Waals surface area contributed by atoms with Crippen molar-refractivity contribution in [2.45, 2.75) is 31.3 Å². The number of halogens is 3. The Kier molecular flexibility index (Phi) is 5.16. The lowest BCUT2D eigenvalue weighted by Crippen LogP contribution is -2.57. The van der Waals surface area contributed by atoms with Crippen LogP contribution in [0.3, 0.4) is 0 Å². The third-order valence-corrected chi connectivity index (χ3v) is 3.76. The van der Waals surface area contributed by atoms with Crippen molar-refractivity contribution in [3.05, 3.63) is 29.8 Å². The maximum absolute atomic E-state index is 12.5. The highest BCUT2D eigenvalue weighted by atomic mass is 19.4. The molecular formula is C15H19F3N2O3. The second-order valence-corrected chi connectivity index (χ2v) is 5.59. The molecule has 0 aromatic heterocycles. The van der Waals surface area contributed by atoms with Gasteiger partial charge in [0.25, 0.3) is 0 Å². The van der Waals surface area contributed by atoms with Crippen LogP contribution in [0, 0.1) is 0 Å². The zero-order valence-electron chi connectivity index (χ0n) is 12.7. The van der Waals surface area contributed by atoms with E-state index in [2.05, 4.69) is 4.74 Å². The molecular weight excluding hydrogens is 313 g/mol. The highest BCUT2D eigenvalue weighted by Gasteiger charge is 2.38. The Hall–Kier alpha value is -1.80. The summed E-state index contributed by atoms with van der Waals surface area (Å²) < 4.78 is 46.5. The summed E-state index contributed by atoms with van der Waals surface area (Å²) in [5.74, 6) is -0.639. The first-order chi connectivity index (χ1) is 10.7. The summed E-state index contributed by atoms with van der Waals surface area (Å²) in [6, 6.07) is 5.73. The van der Waals surface area contributed by atoms with E-state index in [1.807, 2.05) is 0 Å². The third kappa shape index (κ3) is 4.59. The summed E-state index contributed by atoms with van der Waals surface area (Å²) in [7, 11) is 1.51. The van der Waals surface area contributed by atoms with Crippen molar-refractivity contribution >= 4 is 5.91 Å². The van der Waals surface area contributed by atoms with E-state index in [1.165, 1.54) is 30.1 Å². The fourth-order valence-electron chi connectivity index (χ4n) is 2.52. The van der Waals surface area contributed by atoms with Crippen molar-refractivity contribution in [3.63, 3.8) is 0 Å². The number of nitrogens with two attached hydrogens (primary N) is 1. The number of amides is 1. The topological polar surface area (TPSA) is 64.8 Å². The molecule has 1 fully saturated rings. The largest absolute Gasteiger partial charge is 0.573 e. The van der Waals surface area contributed by atoms with Gasteiger partial charge in [0.2, 0.25) is 5.91 Å². The van der Waals surface area contributed by atoms with Crippen molar-refractivity contribution in [1.82, 2.24) is 4.90 Å². The van der Waals surface area contributed by atoms with Gasteiger partial charge in [0.05, 0.1) is 5.54 Å². The van der Waals surface area contributed by atoms with Crippen molar-refractivity contribution in [2.24, 2.45) is 5.73 Å². The number of para-hydroxylation sites is 1. The molecule has 0 radical (unpaired) electrons. The summed E-state index contributed by atoms with van der Waals surface area (Å²) in [5.41, 5.74) is 5.34. The summed E-state index contributed by atoms with van der Waals surface area (Å²) >= 11 is 0. The molecule has 23 heavy (non-hydrogen) atoms. The van der Waals surface area contributed by atoms with Gasteiger partial charge in [0.15, 0.2) is 0 Å². The molecule has 0 unspecified atom stereocenters. The number of benzene rings is 1. The molecule has 0 aliphatic carbocycles. The minimum atomic E-state index is -4.78. The molecule has 1 aromatic rings. The maximum Gasteiger partial charge on any atom is 0.573 e. The van der Waals surface area contributed by atoms with Crippen LogP contribution in [0.4, 0.5) is 13.2 Å². The summed E-state index contributed by atoms with van der Waals surface area (Å²) in [6.07, 6.45) is -4.01. The Bertz CT molecular complexity index is 557. The van der Waals surface area contributed by atoms with Crippen LogP contribution in [0.15, 0.2) is 24.3 Å². The monoisotopic (exact) mass is 332 g/mol. The number of hydrogen-bond acceptors (Lipinski definition) is 4. The minimum absolute atomic E-state index is 0.0229. The molecule has 128 valence electrons. The highest BCUT2D eigenvalue weighted by Crippen LogP contribution is 2.28. The first kappa shape index (κ1) is 17.6. The van der Waals surface area contributed by atoms with Gasteiger partial charge in [-0.1, -0.05) is 18.2 Å². The van der Waals surface area contributed by atoms with Crippen LogP contribution in [0.25, 0.3) is 0 Å². The van der Waals surface area contributed by atoms with Gasteiger partial charge < -0.3 is 20.1 Å². The first-order valence-corrected chi connectivity index (χ1v) is 7.17. The lowest BCUT2D eigenvalue weighted by molar-refractivity contribution is -0.275. The molecule has 5 nitrogen and oxygen atoms in total. The summed E-state index contributed by atoms with van der Waals surface area (Å²) in [6.45, 7) is 0.762. The first-order valence-electron chi connectivity index (χ1n) is 7.17. The normalized spacial score (nSPS) is 17.6. The number of ether oxygens (including phenoxy) is 2. The molecule has 2 N–H and O–H groups in total. The Balaban J connectivity index is 2.11. The molecule has 0 atom stereocenters. The highest BCUT2D eigenvalue weighted by molar-refractivity contribution is 5.86. The molecule has 1 heterocycles. The van der Waals surface area contributed by atoms with Crippen LogP contribution < -0.4 is 10.5 Å². The van der Waals surface area contributed by atoms with Crippen molar-refractivity contribution in [2.75, 3.05) is 20.3 Å². The van der Waals surface area contributed by atoms with Crippen LogP contribution in [-0.2, 0) is 16.1 Å². The molecule has 8 heteroatoms. The smallest absolute Gasteiger partial charge is 0.405 e. The van der Waals surface area contributed by atoms with E-state index < -0.39 is 11.9 Å². The van der Waals surface area contributed by atoms with E-state index >= 15 is 0 Å². The average molecular weight is 332 g/mol. The van der Waals surface area contributed by atoms with Gasteiger partial charge in [-0.3, -0.25) is 4.79 Å². The lowest BCUT2D eigenvalue weighted by Gasteiger charge is -2.35. The molecule has 2 rings (SSSR count). The van der Waals surface area contributed by atoms with E-state index in [9.17, 15) is 18.0 Å². The number of likely N-dealkylation sites (N-methyl/N-ethyl adjacent to an activating group) is 1. The lowest BCUT2D eigenvalue weighted by atomic mass is 9.89. The summed E-state index contributed by atoms with van der Waals surface area (Å²) in [5, 5.41) is 0. The number of carbonyl (C=O) groups excluding carboxylic acids is 1. The number of alkyl halides is 3. The molecule has 1 aliphatic heterocycles. The van der Waals surface area contributed by atoms with Crippen molar-refractivity contribution < 1.29 is 27.4 Å².